The topological polar surface area (TPSA) is 106 Å². The maximum Gasteiger partial charge on any atom is 0.296 e. The van der Waals surface area contributed by atoms with Crippen LogP contribution in [0.2, 0.25) is 0 Å². The number of aromatic nitrogens is 2. The first-order valence-corrected chi connectivity index (χ1v) is 13.2. The number of aliphatic hydroxyl groups excluding tert-OH is 1. The first-order valence-electron chi connectivity index (χ1n) is 11.4. The van der Waals surface area contributed by atoms with Gasteiger partial charge in [0.2, 0.25) is 10.9 Å². The lowest BCUT2D eigenvalue weighted by Crippen LogP contribution is -2.31. The second-order valence-corrected chi connectivity index (χ2v) is 10.2. The number of hydrogen-bond acceptors (Lipinski definition) is 9. The van der Waals surface area contributed by atoms with Gasteiger partial charge in [0.1, 0.15) is 18.2 Å². The molecule has 4 aromatic rings. The van der Waals surface area contributed by atoms with Gasteiger partial charge in [0.15, 0.2) is 15.9 Å². The van der Waals surface area contributed by atoms with E-state index in [0.717, 1.165) is 11.3 Å². The van der Waals surface area contributed by atoms with Gasteiger partial charge >= 0.3 is 0 Å². The summed E-state index contributed by atoms with van der Waals surface area (Å²) in [5, 5.41) is 19.4. The molecule has 38 heavy (non-hydrogen) atoms. The van der Waals surface area contributed by atoms with Crippen LogP contribution in [-0.2, 0) is 10.5 Å². The Morgan fingerprint density at radius 2 is 2.05 bits per heavy atom. The number of rotatable bonds is 10. The molecule has 0 spiro atoms. The fraction of sp³-hybridized carbons (Fsp3) is 0.111. The van der Waals surface area contributed by atoms with Crippen molar-refractivity contribution in [2.45, 2.75) is 16.1 Å². The fourth-order valence-corrected chi connectivity index (χ4v) is 5.79. The molecule has 0 radical (unpaired) electrons. The molecule has 1 N–H and O–H groups in total. The molecule has 8 nitrogen and oxygen atoms in total. The number of halogens is 1. The molecular formula is C27H20FN3O5S2. The van der Waals surface area contributed by atoms with Gasteiger partial charge < -0.3 is 14.3 Å². The van der Waals surface area contributed by atoms with E-state index in [1.807, 2.05) is 0 Å². The van der Waals surface area contributed by atoms with Gasteiger partial charge in [-0.25, -0.2) is 4.39 Å². The predicted octanol–water partition coefficient (Wildman–Crippen LogP) is 5.91. The molecule has 3 heterocycles. The highest BCUT2D eigenvalue weighted by molar-refractivity contribution is 8.00. The number of hydrogen-bond donors (Lipinski definition) is 1. The number of anilines is 1. The van der Waals surface area contributed by atoms with Gasteiger partial charge in [-0.15, -0.1) is 10.2 Å². The molecule has 5 rings (SSSR count). The third-order valence-electron chi connectivity index (χ3n) is 5.65. The second-order valence-electron chi connectivity index (χ2n) is 8.05. The van der Waals surface area contributed by atoms with E-state index in [0.29, 0.717) is 27.0 Å². The largest absolute Gasteiger partial charge is 0.503 e. The minimum absolute atomic E-state index is 0.0244. The summed E-state index contributed by atoms with van der Waals surface area (Å²) in [5.41, 5.74) is 0.863. The maximum absolute atomic E-state index is 14.0. The average Bonchev–Trinajstić information content (AvgIpc) is 3.68. The van der Waals surface area contributed by atoms with Gasteiger partial charge in [-0.05, 0) is 41.5 Å². The number of ether oxygens (including phenoxy) is 1. The van der Waals surface area contributed by atoms with Gasteiger partial charge in [0.25, 0.3) is 5.91 Å². The normalized spacial score (nSPS) is 15.2. The van der Waals surface area contributed by atoms with Gasteiger partial charge in [-0.3, -0.25) is 14.5 Å². The molecule has 1 aliphatic heterocycles. The second kappa shape index (κ2) is 11.0. The number of nitrogens with zero attached hydrogens (tertiary/aromatic N) is 3. The van der Waals surface area contributed by atoms with Crippen LogP contribution in [-0.4, -0.2) is 33.6 Å². The zero-order valence-corrected chi connectivity index (χ0v) is 21.4. The lowest BCUT2D eigenvalue weighted by Gasteiger charge is -2.24. The molecule has 2 aromatic carbocycles. The van der Waals surface area contributed by atoms with Crippen LogP contribution >= 0.6 is 23.1 Å². The molecule has 1 unspecified atom stereocenters. The molecule has 0 aliphatic carbocycles. The van der Waals surface area contributed by atoms with Crippen LogP contribution in [0.1, 0.15) is 27.7 Å². The van der Waals surface area contributed by atoms with Crippen molar-refractivity contribution < 1.29 is 28.2 Å². The van der Waals surface area contributed by atoms with Gasteiger partial charge in [-0.2, -0.15) is 0 Å². The molecule has 1 aliphatic rings. The van der Waals surface area contributed by atoms with Crippen LogP contribution < -0.4 is 9.64 Å². The molecule has 0 saturated carbocycles. The van der Waals surface area contributed by atoms with Crippen LogP contribution in [0.5, 0.6) is 5.75 Å². The number of furan rings is 1. The summed E-state index contributed by atoms with van der Waals surface area (Å²) in [5.74, 6) is -1.69. The average molecular weight is 550 g/mol. The summed E-state index contributed by atoms with van der Waals surface area (Å²) in [6.07, 6.45) is 2.93. The Morgan fingerprint density at radius 3 is 2.82 bits per heavy atom. The first-order chi connectivity index (χ1) is 18.5. The Labute approximate surface area is 225 Å². The summed E-state index contributed by atoms with van der Waals surface area (Å²) >= 11 is 2.36. The minimum Gasteiger partial charge on any atom is -0.503 e. The van der Waals surface area contributed by atoms with Crippen LogP contribution in [0.3, 0.4) is 0 Å². The number of carbonyl (C=O) groups is 2. The first kappa shape index (κ1) is 25.4. The van der Waals surface area contributed by atoms with Crippen molar-refractivity contribution in [1.82, 2.24) is 10.2 Å². The highest BCUT2D eigenvalue weighted by atomic mass is 32.2. The molecule has 0 saturated heterocycles. The zero-order valence-electron chi connectivity index (χ0n) is 19.7. The van der Waals surface area contributed by atoms with Gasteiger partial charge in [-0.1, -0.05) is 66.1 Å². The zero-order chi connectivity index (χ0) is 26.6. The molecule has 0 bridgehead atoms. The van der Waals surface area contributed by atoms with E-state index in [-0.39, 0.29) is 28.9 Å². The Bertz CT molecular complexity index is 1530. The fourth-order valence-electron chi connectivity index (χ4n) is 3.93. The third-order valence-corrected chi connectivity index (χ3v) is 7.75. The molecule has 0 fully saturated rings. The van der Waals surface area contributed by atoms with Crippen molar-refractivity contribution >= 4 is 39.9 Å². The summed E-state index contributed by atoms with van der Waals surface area (Å²) in [4.78, 5) is 27.9. The van der Waals surface area contributed by atoms with E-state index in [4.69, 9.17) is 9.15 Å². The highest BCUT2D eigenvalue weighted by Gasteiger charge is 2.46. The number of aliphatic hydroxyl groups is 1. The summed E-state index contributed by atoms with van der Waals surface area (Å²) in [7, 11) is 0. The lowest BCUT2D eigenvalue weighted by atomic mass is 9.95. The van der Waals surface area contributed by atoms with Crippen molar-refractivity contribution in [3.63, 3.8) is 0 Å². The van der Waals surface area contributed by atoms with Gasteiger partial charge in [0.05, 0.1) is 17.9 Å². The number of ketones is 1. The molecule has 192 valence electrons. The molecular weight excluding hydrogens is 529 g/mol. The lowest BCUT2D eigenvalue weighted by molar-refractivity contribution is -0.117. The maximum atomic E-state index is 14.0. The van der Waals surface area contributed by atoms with E-state index in [1.165, 1.54) is 35.1 Å². The van der Waals surface area contributed by atoms with E-state index in [2.05, 4.69) is 16.8 Å². The third kappa shape index (κ3) is 4.98. The molecule has 11 heteroatoms. The minimum atomic E-state index is -1.02. The Balaban J connectivity index is 1.50. The standard InChI is InChI=1S/C27H20FN3O5S2/c1-2-12-35-18-9-5-8-16(14-18)22-21(23(32)20-11-6-13-36-20)24(33)25(34)31(22)26-29-30-27(38-26)37-15-17-7-3-4-10-19(17)28/h2-11,13-14,22,33H,1,12,15H2. The summed E-state index contributed by atoms with van der Waals surface area (Å²) < 4.78 is 25.4. The van der Waals surface area contributed by atoms with Crippen molar-refractivity contribution in [3.05, 3.63) is 114 Å². The van der Waals surface area contributed by atoms with Crippen LogP contribution in [0.25, 0.3) is 0 Å². The van der Waals surface area contributed by atoms with Crippen molar-refractivity contribution in [3.8, 4) is 5.75 Å². The Morgan fingerprint density at radius 1 is 1.21 bits per heavy atom. The smallest absolute Gasteiger partial charge is 0.296 e. The van der Waals surface area contributed by atoms with E-state index in [9.17, 15) is 19.1 Å². The molecule has 2 aromatic heterocycles. The Kier molecular flexibility index (Phi) is 7.38. The van der Waals surface area contributed by atoms with Crippen molar-refractivity contribution in [2.75, 3.05) is 11.5 Å². The van der Waals surface area contributed by atoms with Crippen molar-refractivity contribution in [2.24, 2.45) is 0 Å². The van der Waals surface area contributed by atoms with Crippen LogP contribution in [0.4, 0.5) is 9.52 Å². The van der Waals surface area contributed by atoms with E-state index in [1.54, 1.807) is 54.6 Å². The van der Waals surface area contributed by atoms with Gasteiger partial charge in [0, 0.05) is 5.75 Å². The number of carbonyl (C=O) groups excluding carboxylic acids is 2. The Hall–Kier alpha value is -4.22. The molecule has 1 atom stereocenters. The van der Waals surface area contributed by atoms with Crippen LogP contribution in [0, 0.1) is 5.82 Å². The quantitative estimate of drug-likeness (QED) is 0.113. The SMILES string of the molecule is C=CCOc1cccc(C2C(C(=O)c3ccco3)=C(O)C(=O)N2c2nnc(SCc3ccccc3F)s2)c1. The summed E-state index contributed by atoms with van der Waals surface area (Å²) in [6.45, 7) is 3.90. The van der Waals surface area contributed by atoms with Crippen molar-refractivity contribution in [1.29, 1.82) is 0 Å². The number of thioether (sulfide) groups is 1. The van der Waals surface area contributed by atoms with E-state index >= 15 is 0 Å². The number of amides is 1. The van der Waals surface area contributed by atoms with E-state index < -0.39 is 23.5 Å². The number of Topliss-reactive ketones (excluding diaryl/α,β-unsaturated/α-hetero) is 1. The predicted molar refractivity (Wildman–Crippen MR) is 141 cm³/mol. The number of benzene rings is 2. The highest BCUT2D eigenvalue weighted by Crippen LogP contribution is 2.44. The summed E-state index contributed by atoms with van der Waals surface area (Å²) in [6, 6.07) is 15.2. The molecule has 1 amide bonds. The van der Waals surface area contributed by atoms with Crippen LogP contribution in [0.15, 0.2) is 99.7 Å². The monoisotopic (exact) mass is 549 g/mol.